The summed E-state index contributed by atoms with van der Waals surface area (Å²) >= 11 is 0.890. The van der Waals surface area contributed by atoms with E-state index in [9.17, 15) is 9.59 Å². The Kier molecular flexibility index (Phi) is 4.90. The van der Waals surface area contributed by atoms with Crippen LogP contribution in [-0.4, -0.2) is 24.9 Å². The average molecular weight is 307 g/mol. The number of imide groups is 1. The fourth-order valence-corrected chi connectivity index (χ4v) is 2.40. The number of carbonyl (C=O) groups excluding carboxylic acids is 2. The molecule has 1 N–H and O–H groups in total. The monoisotopic (exact) mass is 307 g/mol. The third kappa shape index (κ3) is 4.01. The molecular weight excluding hydrogens is 290 g/mol. The number of thioether (sulfide) groups is 1. The molecule has 0 unspecified atom stereocenters. The lowest BCUT2D eigenvalue weighted by Crippen LogP contribution is -2.17. The van der Waals surface area contributed by atoms with Gasteiger partial charge in [0, 0.05) is 0 Å². The summed E-state index contributed by atoms with van der Waals surface area (Å²) in [6, 6.07) is 5.40. The molecule has 112 valence electrons. The Bertz CT molecular complexity index is 595. The summed E-state index contributed by atoms with van der Waals surface area (Å²) in [5, 5.41) is 1.87. The van der Waals surface area contributed by atoms with Crippen molar-refractivity contribution in [2.24, 2.45) is 5.92 Å². The molecule has 21 heavy (non-hydrogen) atoms. The molecule has 0 spiro atoms. The molecule has 1 heterocycles. The summed E-state index contributed by atoms with van der Waals surface area (Å²) in [4.78, 5) is 23.0. The van der Waals surface area contributed by atoms with Gasteiger partial charge in [0.2, 0.25) is 0 Å². The van der Waals surface area contributed by atoms with Gasteiger partial charge in [-0.2, -0.15) is 0 Å². The van der Waals surface area contributed by atoms with Crippen molar-refractivity contribution in [3.8, 4) is 11.5 Å². The third-order valence-corrected chi connectivity index (χ3v) is 3.51. The third-order valence-electron chi connectivity index (χ3n) is 2.70. The molecule has 0 aromatic heterocycles. The van der Waals surface area contributed by atoms with Crippen LogP contribution in [0.1, 0.15) is 19.4 Å². The second kappa shape index (κ2) is 6.67. The van der Waals surface area contributed by atoms with Gasteiger partial charge in [0.05, 0.1) is 18.6 Å². The number of methoxy groups -OCH3 is 1. The number of carbonyl (C=O) groups is 2. The molecule has 1 aromatic rings. The van der Waals surface area contributed by atoms with Crippen molar-refractivity contribution in [2.75, 3.05) is 13.7 Å². The van der Waals surface area contributed by atoms with E-state index in [0.717, 1.165) is 17.3 Å². The van der Waals surface area contributed by atoms with E-state index in [0.29, 0.717) is 28.9 Å². The molecule has 5 nitrogen and oxygen atoms in total. The molecular formula is C15H17NO4S. The summed E-state index contributed by atoms with van der Waals surface area (Å²) in [5.74, 6) is 1.30. The predicted octanol–water partition coefficient (Wildman–Crippen LogP) is 3.05. The van der Waals surface area contributed by atoms with Crippen LogP contribution >= 0.6 is 11.8 Å². The first-order valence-corrected chi connectivity index (χ1v) is 7.37. The summed E-state index contributed by atoms with van der Waals surface area (Å²) in [6.07, 6.45) is 1.65. The number of benzene rings is 1. The standard InChI is InChI=1S/C15H17NO4S/c1-9(2)8-20-11-5-4-10(6-12(11)19-3)7-13-14(17)16-15(18)21-13/h4-7,9H,8H2,1-3H3,(H,16,17,18)/b13-7-. The van der Waals surface area contributed by atoms with Gasteiger partial charge in [0.1, 0.15) is 0 Å². The minimum absolute atomic E-state index is 0.352. The highest BCUT2D eigenvalue weighted by molar-refractivity contribution is 8.18. The van der Waals surface area contributed by atoms with Gasteiger partial charge in [-0.1, -0.05) is 19.9 Å². The Labute approximate surface area is 127 Å². The van der Waals surface area contributed by atoms with Crippen LogP contribution in [0.4, 0.5) is 4.79 Å². The van der Waals surface area contributed by atoms with E-state index in [1.165, 1.54) is 0 Å². The SMILES string of the molecule is COc1cc(/C=C2\SC(=O)NC2=O)ccc1OCC(C)C. The molecule has 2 rings (SSSR count). The average Bonchev–Trinajstić information content (AvgIpc) is 2.75. The number of hydrogen-bond acceptors (Lipinski definition) is 5. The van der Waals surface area contributed by atoms with Gasteiger partial charge < -0.3 is 9.47 Å². The minimum atomic E-state index is -0.371. The molecule has 2 amide bonds. The Morgan fingerprint density at radius 2 is 2.05 bits per heavy atom. The van der Waals surface area contributed by atoms with Crippen molar-refractivity contribution in [3.63, 3.8) is 0 Å². The zero-order valence-corrected chi connectivity index (χ0v) is 13.0. The molecule has 0 atom stereocenters. The van der Waals surface area contributed by atoms with Crippen molar-refractivity contribution in [2.45, 2.75) is 13.8 Å². The molecule has 0 saturated carbocycles. The van der Waals surface area contributed by atoms with Crippen LogP contribution in [0.15, 0.2) is 23.1 Å². The smallest absolute Gasteiger partial charge is 0.290 e. The maximum atomic E-state index is 11.5. The number of rotatable bonds is 5. The van der Waals surface area contributed by atoms with Crippen LogP contribution < -0.4 is 14.8 Å². The first-order chi connectivity index (χ1) is 9.99. The predicted molar refractivity (Wildman–Crippen MR) is 82.4 cm³/mol. The van der Waals surface area contributed by atoms with Crippen LogP contribution in [0.3, 0.4) is 0 Å². The first-order valence-electron chi connectivity index (χ1n) is 6.55. The number of ether oxygens (including phenoxy) is 2. The van der Waals surface area contributed by atoms with Crippen LogP contribution in [0.25, 0.3) is 6.08 Å². The van der Waals surface area contributed by atoms with Crippen LogP contribution in [0.2, 0.25) is 0 Å². The molecule has 1 fully saturated rings. The van der Waals surface area contributed by atoms with Gasteiger partial charge in [-0.15, -0.1) is 0 Å². The maximum Gasteiger partial charge on any atom is 0.290 e. The lowest BCUT2D eigenvalue weighted by molar-refractivity contribution is -0.115. The molecule has 0 aliphatic carbocycles. The summed E-state index contributed by atoms with van der Waals surface area (Å²) in [7, 11) is 1.56. The van der Waals surface area contributed by atoms with Crippen LogP contribution in [-0.2, 0) is 4.79 Å². The highest BCUT2D eigenvalue weighted by Crippen LogP contribution is 2.31. The van der Waals surface area contributed by atoms with Gasteiger partial charge in [-0.25, -0.2) is 0 Å². The van der Waals surface area contributed by atoms with E-state index in [1.807, 2.05) is 6.07 Å². The van der Waals surface area contributed by atoms with E-state index in [4.69, 9.17) is 9.47 Å². The van der Waals surface area contributed by atoms with Crippen molar-refractivity contribution < 1.29 is 19.1 Å². The Morgan fingerprint density at radius 1 is 1.29 bits per heavy atom. The second-order valence-electron chi connectivity index (χ2n) is 4.97. The van der Waals surface area contributed by atoms with E-state index in [1.54, 1.807) is 25.3 Å². The van der Waals surface area contributed by atoms with Gasteiger partial charge in [-0.05, 0) is 41.5 Å². The number of amides is 2. The molecule has 6 heteroatoms. The zero-order valence-electron chi connectivity index (χ0n) is 12.1. The minimum Gasteiger partial charge on any atom is -0.493 e. The fourth-order valence-electron chi connectivity index (χ4n) is 1.72. The lowest BCUT2D eigenvalue weighted by Gasteiger charge is -2.12. The lowest BCUT2D eigenvalue weighted by atomic mass is 10.2. The van der Waals surface area contributed by atoms with Gasteiger partial charge >= 0.3 is 0 Å². The second-order valence-corrected chi connectivity index (χ2v) is 5.98. The first kappa shape index (κ1) is 15.4. The van der Waals surface area contributed by atoms with Crippen molar-refractivity contribution in [1.29, 1.82) is 0 Å². The molecule has 1 aliphatic heterocycles. The number of nitrogens with one attached hydrogen (secondary N) is 1. The zero-order chi connectivity index (χ0) is 15.4. The van der Waals surface area contributed by atoms with Crippen LogP contribution in [0, 0.1) is 5.92 Å². The molecule has 1 aromatic carbocycles. The Morgan fingerprint density at radius 3 is 2.62 bits per heavy atom. The van der Waals surface area contributed by atoms with Gasteiger partial charge in [0.25, 0.3) is 11.1 Å². The van der Waals surface area contributed by atoms with Crippen LogP contribution in [0.5, 0.6) is 11.5 Å². The van der Waals surface area contributed by atoms with Gasteiger partial charge in [0.15, 0.2) is 11.5 Å². The van der Waals surface area contributed by atoms with Gasteiger partial charge in [-0.3, -0.25) is 14.9 Å². The normalized spacial score (nSPS) is 16.5. The topological polar surface area (TPSA) is 64.6 Å². The van der Waals surface area contributed by atoms with E-state index < -0.39 is 0 Å². The quantitative estimate of drug-likeness (QED) is 0.847. The van der Waals surface area contributed by atoms with E-state index in [-0.39, 0.29) is 11.1 Å². The molecule has 1 saturated heterocycles. The molecule has 0 bridgehead atoms. The maximum absolute atomic E-state index is 11.5. The summed E-state index contributed by atoms with van der Waals surface area (Å²) < 4.78 is 11.0. The van der Waals surface area contributed by atoms with E-state index in [2.05, 4.69) is 19.2 Å². The number of hydrogen-bond donors (Lipinski definition) is 1. The highest BCUT2D eigenvalue weighted by atomic mass is 32.2. The largest absolute Gasteiger partial charge is 0.493 e. The Balaban J connectivity index is 2.21. The molecule has 1 aliphatic rings. The Hall–Kier alpha value is -1.95. The van der Waals surface area contributed by atoms with Crippen molar-refractivity contribution >= 4 is 29.0 Å². The van der Waals surface area contributed by atoms with Crippen molar-refractivity contribution in [1.82, 2.24) is 5.32 Å². The summed E-state index contributed by atoms with van der Waals surface area (Å²) in [5.41, 5.74) is 0.774. The summed E-state index contributed by atoms with van der Waals surface area (Å²) in [6.45, 7) is 4.74. The molecule has 0 radical (unpaired) electrons. The highest BCUT2D eigenvalue weighted by Gasteiger charge is 2.25. The van der Waals surface area contributed by atoms with E-state index >= 15 is 0 Å². The fraction of sp³-hybridized carbons (Fsp3) is 0.333. The van der Waals surface area contributed by atoms with Crippen molar-refractivity contribution in [3.05, 3.63) is 28.7 Å².